The molecule has 0 saturated carbocycles. The molecule has 3 heteroatoms. The van der Waals surface area contributed by atoms with Gasteiger partial charge in [0.2, 0.25) is 0 Å². The van der Waals surface area contributed by atoms with Gasteiger partial charge in [0.25, 0.3) is 0 Å². The van der Waals surface area contributed by atoms with Gasteiger partial charge in [0, 0.05) is 6.08 Å². The molecule has 0 bridgehead atoms. The monoisotopic (exact) mass is 170 g/mol. The van der Waals surface area contributed by atoms with Crippen LogP contribution in [0, 0.1) is 22.7 Å². The summed E-state index contributed by atoms with van der Waals surface area (Å²) >= 11 is 0. The Balaban J connectivity index is 3.17. The highest BCUT2D eigenvalue weighted by molar-refractivity contribution is 5.78. The van der Waals surface area contributed by atoms with Crippen molar-refractivity contribution in [2.75, 3.05) is 0 Å². The predicted molar refractivity (Wildman–Crippen MR) is 47.3 cm³/mol. The maximum atomic E-state index is 9.11. The Bertz CT molecular complexity index is 421. The molecule has 0 unspecified atom stereocenters. The highest BCUT2D eigenvalue weighted by Crippen LogP contribution is 2.18. The van der Waals surface area contributed by atoms with Crippen molar-refractivity contribution < 1.29 is 5.11 Å². The van der Waals surface area contributed by atoms with E-state index in [0.717, 1.165) is 6.08 Å². The summed E-state index contributed by atoms with van der Waals surface area (Å²) < 4.78 is 0. The zero-order valence-corrected chi connectivity index (χ0v) is 6.73. The standard InChI is InChI=1S/C10H6N2O/c11-5-4-9(7-12)8-2-1-3-10(13)6-8/h1-4,6,13H. The van der Waals surface area contributed by atoms with E-state index in [1.807, 2.05) is 6.07 Å². The summed E-state index contributed by atoms with van der Waals surface area (Å²) in [5.74, 6) is 0.0802. The molecule has 0 atom stereocenters. The molecular formula is C10H6N2O. The molecule has 0 fully saturated rings. The molecule has 0 spiro atoms. The molecule has 0 aliphatic heterocycles. The average molecular weight is 170 g/mol. The van der Waals surface area contributed by atoms with Crippen molar-refractivity contribution in [3.63, 3.8) is 0 Å². The average Bonchev–Trinajstić information content (AvgIpc) is 2.14. The molecule has 0 radical (unpaired) electrons. The second-order valence-electron chi connectivity index (χ2n) is 2.35. The summed E-state index contributed by atoms with van der Waals surface area (Å²) in [6.07, 6.45) is 1.15. The van der Waals surface area contributed by atoms with Gasteiger partial charge in [-0.1, -0.05) is 12.1 Å². The van der Waals surface area contributed by atoms with E-state index >= 15 is 0 Å². The number of allylic oxidation sites excluding steroid dienone is 2. The first-order chi connectivity index (χ1) is 6.27. The van der Waals surface area contributed by atoms with E-state index in [9.17, 15) is 0 Å². The number of phenolic OH excluding ortho intramolecular Hbond substituents is 1. The molecule has 62 valence electrons. The van der Waals surface area contributed by atoms with Crippen LogP contribution >= 0.6 is 0 Å². The molecule has 13 heavy (non-hydrogen) atoms. The van der Waals surface area contributed by atoms with Crippen LogP contribution in [0.1, 0.15) is 5.56 Å². The molecule has 0 heterocycles. The summed E-state index contributed by atoms with van der Waals surface area (Å²) in [6, 6.07) is 9.86. The van der Waals surface area contributed by atoms with Gasteiger partial charge in [0.05, 0.1) is 11.6 Å². The Kier molecular flexibility index (Phi) is 2.68. The van der Waals surface area contributed by atoms with E-state index in [0.29, 0.717) is 5.56 Å². The highest BCUT2D eigenvalue weighted by Gasteiger charge is 1.99. The summed E-state index contributed by atoms with van der Waals surface area (Å²) in [6.45, 7) is 0. The second-order valence-corrected chi connectivity index (χ2v) is 2.35. The Hall–Kier alpha value is -2.26. The van der Waals surface area contributed by atoms with E-state index in [1.165, 1.54) is 12.1 Å². The van der Waals surface area contributed by atoms with Crippen molar-refractivity contribution in [1.29, 1.82) is 10.5 Å². The third-order valence-electron chi connectivity index (χ3n) is 1.49. The number of hydrogen-bond acceptors (Lipinski definition) is 3. The summed E-state index contributed by atoms with van der Waals surface area (Å²) in [5, 5.41) is 26.1. The van der Waals surface area contributed by atoms with Crippen LogP contribution in [0.3, 0.4) is 0 Å². The number of nitrogens with zero attached hydrogens (tertiary/aromatic N) is 2. The maximum absolute atomic E-state index is 9.11. The SMILES string of the molecule is N#CC=C(C#N)c1cccc(O)c1. The molecule has 3 nitrogen and oxygen atoms in total. The van der Waals surface area contributed by atoms with E-state index in [4.69, 9.17) is 15.6 Å². The van der Waals surface area contributed by atoms with Crippen LogP contribution in [0.25, 0.3) is 5.57 Å². The third kappa shape index (κ3) is 2.08. The fourth-order valence-corrected chi connectivity index (χ4v) is 0.918. The molecule has 0 saturated heterocycles. The molecule has 0 aliphatic carbocycles. The summed E-state index contributed by atoms with van der Waals surface area (Å²) in [4.78, 5) is 0. The van der Waals surface area contributed by atoms with E-state index in [1.54, 1.807) is 18.2 Å². The van der Waals surface area contributed by atoms with Crippen LogP contribution in [-0.2, 0) is 0 Å². The molecule has 0 amide bonds. The van der Waals surface area contributed by atoms with Crippen molar-refractivity contribution in [3.8, 4) is 17.9 Å². The van der Waals surface area contributed by atoms with E-state index in [-0.39, 0.29) is 11.3 Å². The van der Waals surface area contributed by atoms with E-state index < -0.39 is 0 Å². The first-order valence-corrected chi connectivity index (χ1v) is 3.57. The lowest BCUT2D eigenvalue weighted by Gasteiger charge is -1.96. The highest BCUT2D eigenvalue weighted by atomic mass is 16.3. The minimum atomic E-state index is 0.0802. The lowest BCUT2D eigenvalue weighted by Crippen LogP contribution is -1.79. The zero-order valence-electron chi connectivity index (χ0n) is 6.73. The Morgan fingerprint density at radius 1 is 1.38 bits per heavy atom. The molecular weight excluding hydrogens is 164 g/mol. The second kappa shape index (κ2) is 3.94. The van der Waals surface area contributed by atoms with Crippen molar-refractivity contribution in [1.82, 2.24) is 0 Å². The minimum absolute atomic E-state index is 0.0802. The number of benzene rings is 1. The van der Waals surface area contributed by atoms with Crippen LogP contribution in [0.4, 0.5) is 0 Å². The number of rotatable bonds is 1. The van der Waals surface area contributed by atoms with Crippen molar-refractivity contribution >= 4 is 5.57 Å². The van der Waals surface area contributed by atoms with Gasteiger partial charge in [-0.25, -0.2) is 0 Å². The van der Waals surface area contributed by atoms with Crippen LogP contribution in [0.15, 0.2) is 30.3 Å². The normalized spacial score (nSPS) is 10.2. The van der Waals surface area contributed by atoms with Crippen molar-refractivity contribution in [3.05, 3.63) is 35.9 Å². The number of phenols is 1. The van der Waals surface area contributed by atoms with Crippen LogP contribution in [-0.4, -0.2) is 5.11 Å². The number of nitriles is 2. The van der Waals surface area contributed by atoms with Gasteiger partial charge in [-0.2, -0.15) is 10.5 Å². The number of hydrogen-bond donors (Lipinski definition) is 1. The molecule has 1 aromatic carbocycles. The van der Waals surface area contributed by atoms with Crippen LogP contribution in [0.5, 0.6) is 5.75 Å². The van der Waals surface area contributed by atoms with Gasteiger partial charge in [0.1, 0.15) is 11.8 Å². The van der Waals surface area contributed by atoms with Crippen molar-refractivity contribution in [2.24, 2.45) is 0 Å². The molecule has 1 aromatic rings. The lowest BCUT2D eigenvalue weighted by molar-refractivity contribution is 0.475. The topological polar surface area (TPSA) is 67.8 Å². The zero-order chi connectivity index (χ0) is 9.68. The maximum Gasteiger partial charge on any atom is 0.116 e. The minimum Gasteiger partial charge on any atom is -0.508 e. The lowest BCUT2D eigenvalue weighted by atomic mass is 10.1. The van der Waals surface area contributed by atoms with Crippen LogP contribution in [0.2, 0.25) is 0 Å². The molecule has 1 N–H and O–H groups in total. The van der Waals surface area contributed by atoms with Gasteiger partial charge >= 0.3 is 0 Å². The Morgan fingerprint density at radius 3 is 2.69 bits per heavy atom. The Morgan fingerprint density at radius 2 is 2.15 bits per heavy atom. The van der Waals surface area contributed by atoms with Gasteiger partial charge in [-0.3, -0.25) is 0 Å². The van der Waals surface area contributed by atoms with Gasteiger partial charge in [-0.05, 0) is 17.7 Å². The molecule has 0 aliphatic rings. The predicted octanol–water partition coefficient (Wildman–Crippen LogP) is 1.82. The van der Waals surface area contributed by atoms with E-state index in [2.05, 4.69) is 0 Å². The summed E-state index contributed by atoms with van der Waals surface area (Å²) in [5.41, 5.74) is 0.794. The first-order valence-electron chi connectivity index (χ1n) is 3.57. The fraction of sp³-hybridized carbons (Fsp3) is 0. The quantitative estimate of drug-likeness (QED) is 0.653. The van der Waals surface area contributed by atoms with Gasteiger partial charge < -0.3 is 5.11 Å². The third-order valence-corrected chi connectivity index (χ3v) is 1.49. The number of aromatic hydroxyl groups is 1. The van der Waals surface area contributed by atoms with Crippen molar-refractivity contribution in [2.45, 2.75) is 0 Å². The van der Waals surface area contributed by atoms with Gasteiger partial charge in [0.15, 0.2) is 0 Å². The Labute approximate surface area is 75.8 Å². The van der Waals surface area contributed by atoms with Crippen LogP contribution < -0.4 is 0 Å². The van der Waals surface area contributed by atoms with Gasteiger partial charge in [-0.15, -0.1) is 0 Å². The largest absolute Gasteiger partial charge is 0.508 e. The molecule has 0 aromatic heterocycles. The summed E-state index contributed by atoms with van der Waals surface area (Å²) in [7, 11) is 0. The fourth-order valence-electron chi connectivity index (χ4n) is 0.918. The smallest absolute Gasteiger partial charge is 0.116 e. The first kappa shape index (κ1) is 8.83. The molecule has 1 rings (SSSR count).